The fraction of sp³-hybridized carbons (Fsp3) is 0.240. The Morgan fingerprint density at radius 3 is 2.61 bits per heavy atom. The first kappa shape index (κ1) is 22.7. The third-order valence-electron chi connectivity index (χ3n) is 5.17. The summed E-state index contributed by atoms with van der Waals surface area (Å²) in [6.07, 6.45) is 0.822. The number of para-hydroxylation sites is 2. The second-order valence-electron chi connectivity index (χ2n) is 7.44. The Morgan fingerprint density at radius 2 is 1.85 bits per heavy atom. The van der Waals surface area contributed by atoms with Crippen molar-refractivity contribution in [2.24, 2.45) is 0 Å². The Morgan fingerprint density at radius 1 is 1.03 bits per heavy atom. The van der Waals surface area contributed by atoms with Crippen molar-refractivity contribution >= 4 is 40.1 Å². The summed E-state index contributed by atoms with van der Waals surface area (Å²) in [5.41, 5.74) is 3.25. The lowest BCUT2D eigenvalue weighted by Gasteiger charge is -2.11. The smallest absolute Gasteiger partial charge is 0.261 e. The number of fused-ring (bicyclic) bond motifs is 1. The number of nitrogens with one attached hydrogen (secondary N) is 2. The average Bonchev–Trinajstić information content (AvgIpc) is 3.49. The third-order valence-corrected chi connectivity index (χ3v) is 6.04. The fourth-order valence-corrected chi connectivity index (χ4v) is 4.13. The van der Waals surface area contributed by atoms with Gasteiger partial charge < -0.3 is 14.6 Å². The molecule has 4 aromatic rings. The molecule has 0 saturated heterocycles. The quantitative estimate of drug-likeness (QED) is 0.334. The molecule has 0 saturated carbocycles. The first-order chi connectivity index (χ1) is 16.2. The number of carbonyl (C=O) groups is 2. The minimum atomic E-state index is -0.231. The minimum Gasteiger partial charge on any atom is -0.382 e. The lowest BCUT2D eigenvalue weighted by molar-refractivity contribution is 0.0953. The van der Waals surface area contributed by atoms with Gasteiger partial charge in [-0.25, -0.2) is 4.98 Å². The largest absolute Gasteiger partial charge is 0.382 e. The Labute approximate surface area is 196 Å². The van der Waals surface area contributed by atoms with E-state index in [0.717, 1.165) is 23.0 Å². The number of imidazole rings is 1. The summed E-state index contributed by atoms with van der Waals surface area (Å²) in [4.78, 5) is 30.3. The number of aromatic nitrogens is 2. The molecule has 0 aliphatic rings. The van der Waals surface area contributed by atoms with Crippen LogP contribution in [0.2, 0.25) is 0 Å². The van der Waals surface area contributed by atoms with E-state index in [2.05, 4.69) is 15.6 Å². The molecule has 8 heteroatoms. The van der Waals surface area contributed by atoms with Gasteiger partial charge in [0.1, 0.15) is 0 Å². The molecule has 0 unspecified atom stereocenters. The van der Waals surface area contributed by atoms with Gasteiger partial charge in [-0.3, -0.25) is 14.9 Å². The van der Waals surface area contributed by atoms with Gasteiger partial charge in [0.05, 0.1) is 15.9 Å². The molecule has 0 fully saturated rings. The van der Waals surface area contributed by atoms with E-state index >= 15 is 0 Å². The third kappa shape index (κ3) is 5.66. The molecule has 7 nitrogen and oxygen atoms in total. The number of ether oxygens (including phenoxy) is 1. The molecule has 2 aromatic carbocycles. The Kier molecular flexibility index (Phi) is 7.49. The molecule has 2 aromatic heterocycles. The maximum absolute atomic E-state index is 12.9. The SMILES string of the molecule is CCOCCCn1c(NC(=O)c2ccc(CNC(=O)c3cccs3)cc2)nc2ccccc21. The summed E-state index contributed by atoms with van der Waals surface area (Å²) in [5, 5.41) is 7.71. The van der Waals surface area contributed by atoms with E-state index in [1.165, 1.54) is 11.3 Å². The molecule has 0 bridgehead atoms. The van der Waals surface area contributed by atoms with Crippen molar-refractivity contribution in [3.8, 4) is 0 Å². The molecule has 4 rings (SSSR count). The fourth-order valence-electron chi connectivity index (χ4n) is 3.49. The lowest BCUT2D eigenvalue weighted by Crippen LogP contribution is -2.22. The van der Waals surface area contributed by atoms with Crippen LogP contribution in [0.4, 0.5) is 5.95 Å². The summed E-state index contributed by atoms with van der Waals surface area (Å²) in [5.74, 6) is 0.186. The summed E-state index contributed by atoms with van der Waals surface area (Å²) in [7, 11) is 0. The van der Waals surface area contributed by atoms with Crippen LogP contribution < -0.4 is 10.6 Å². The number of benzene rings is 2. The van der Waals surface area contributed by atoms with Crippen LogP contribution in [0.5, 0.6) is 0 Å². The monoisotopic (exact) mass is 462 g/mol. The van der Waals surface area contributed by atoms with Crippen LogP contribution in [-0.2, 0) is 17.8 Å². The first-order valence-corrected chi connectivity index (χ1v) is 11.8. The predicted molar refractivity (Wildman–Crippen MR) is 131 cm³/mol. The van der Waals surface area contributed by atoms with Crippen LogP contribution in [0.25, 0.3) is 11.0 Å². The van der Waals surface area contributed by atoms with Crippen molar-refractivity contribution in [2.75, 3.05) is 18.5 Å². The number of thiophene rings is 1. The number of rotatable bonds is 10. The highest BCUT2D eigenvalue weighted by molar-refractivity contribution is 7.12. The van der Waals surface area contributed by atoms with Gasteiger partial charge in [0, 0.05) is 31.9 Å². The number of nitrogens with zero attached hydrogens (tertiary/aromatic N) is 2. The molecule has 2 N–H and O–H groups in total. The van der Waals surface area contributed by atoms with Gasteiger partial charge in [-0.1, -0.05) is 30.3 Å². The average molecular weight is 463 g/mol. The van der Waals surface area contributed by atoms with Gasteiger partial charge in [0.25, 0.3) is 11.8 Å². The van der Waals surface area contributed by atoms with Crippen molar-refractivity contribution < 1.29 is 14.3 Å². The van der Waals surface area contributed by atoms with Crippen molar-refractivity contribution in [3.63, 3.8) is 0 Å². The van der Waals surface area contributed by atoms with E-state index in [-0.39, 0.29) is 11.8 Å². The van der Waals surface area contributed by atoms with Crippen LogP contribution in [0.1, 0.15) is 38.9 Å². The number of amides is 2. The molecule has 0 radical (unpaired) electrons. The number of hydrogen-bond donors (Lipinski definition) is 2. The molecule has 0 atom stereocenters. The van der Waals surface area contributed by atoms with Gasteiger partial charge in [-0.15, -0.1) is 11.3 Å². The lowest BCUT2D eigenvalue weighted by atomic mass is 10.1. The Hall–Kier alpha value is -3.49. The molecular weight excluding hydrogens is 436 g/mol. The van der Waals surface area contributed by atoms with Gasteiger partial charge in [-0.2, -0.15) is 0 Å². The van der Waals surface area contributed by atoms with Crippen molar-refractivity contribution in [3.05, 3.63) is 82.0 Å². The van der Waals surface area contributed by atoms with E-state index in [4.69, 9.17) is 4.74 Å². The molecule has 33 heavy (non-hydrogen) atoms. The summed E-state index contributed by atoms with van der Waals surface area (Å²) in [6, 6.07) is 18.7. The Balaban J connectivity index is 1.41. The topological polar surface area (TPSA) is 85.2 Å². The van der Waals surface area contributed by atoms with E-state index in [9.17, 15) is 9.59 Å². The highest BCUT2D eigenvalue weighted by Crippen LogP contribution is 2.21. The highest BCUT2D eigenvalue weighted by Gasteiger charge is 2.14. The van der Waals surface area contributed by atoms with E-state index < -0.39 is 0 Å². The normalized spacial score (nSPS) is 10.9. The number of hydrogen-bond acceptors (Lipinski definition) is 5. The van der Waals surface area contributed by atoms with Crippen molar-refractivity contribution in [1.29, 1.82) is 0 Å². The van der Waals surface area contributed by atoms with Crippen LogP contribution in [0.3, 0.4) is 0 Å². The van der Waals surface area contributed by atoms with Gasteiger partial charge in [-0.05, 0) is 54.6 Å². The van der Waals surface area contributed by atoms with Crippen LogP contribution in [0, 0.1) is 0 Å². The first-order valence-electron chi connectivity index (χ1n) is 10.9. The zero-order valence-electron chi connectivity index (χ0n) is 18.4. The molecule has 2 amide bonds. The number of carbonyl (C=O) groups excluding carboxylic acids is 2. The van der Waals surface area contributed by atoms with E-state index in [1.54, 1.807) is 18.2 Å². The van der Waals surface area contributed by atoms with Crippen LogP contribution in [0.15, 0.2) is 66.0 Å². The molecule has 0 aliphatic carbocycles. The van der Waals surface area contributed by atoms with Gasteiger partial charge in [0.15, 0.2) is 0 Å². The highest BCUT2D eigenvalue weighted by atomic mass is 32.1. The van der Waals surface area contributed by atoms with Crippen LogP contribution >= 0.6 is 11.3 Å². The van der Waals surface area contributed by atoms with Gasteiger partial charge in [0.2, 0.25) is 5.95 Å². The van der Waals surface area contributed by atoms with E-state index in [1.807, 2.05) is 59.3 Å². The predicted octanol–water partition coefficient (Wildman–Crippen LogP) is 4.71. The maximum Gasteiger partial charge on any atom is 0.261 e. The minimum absolute atomic E-state index is 0.102. The summed E-state index contributed by atoms with van der Waals surface area (Å²) in [6.45, 7) is 4.40. The zero-order valence-corrected chi connectivity index (χ0v) is 19.2. The molecule has 0 aliphatic heterocycles. The second kappa shape index (κ2) is 10.9. The maximum atomic E-state index is 12.9. The number of anilines is 1. The van der Waals surface area contributed by atoms with Crippen molar-refractivity contribution in [2.45, 2.75) is 26.4 Å². The zero-order chi connectivity index (χ0) is 23.0. The van der Waals surface area contributed by atoms with Crippen LogP contribution in [-0.4, -0.2) is 34.6 Å². The van der Waals surface area contributed by atoms with Crippen molar-refractivity contribution in [1.82, 2.24) is 14.9 Å². The molecule has 170 valence electrons. The summed E-state index contributed by atoms with van der Waals surface area (Å²) >= 11 is 1.40. The standard InChI is InChI=1S/C25H26N4O3S/c1-2-32-15-6-14-29-21-8-4-3-7-20(21)27-25(29)28-23(30)19-12-10-18(11-13-19)17-26-24(31)22-9-5-16-33-22/h3-5,7-13,16H,2,6,14-15,17H2,1H3,(H,26,31)(H,27,28,30). The molecule has 2 heterocycles. The molecule has 0 spiro atoms. The number of aryl methyl sites for hydroxylation is 1. The van der Waals surface area contributed by atoms with E-state index in [0.29, 0.717) is 42.7 Å². The van der Waals surface area contributed by atoms with Gasteiger partial charge >= 0.3 is 0 Å². The molecular formula is C25H26N4O3S. The second-order valence-corrected chi connectivity index (χ2v) is 8.38. The Bertz CT molecular complexity index is 1220. The summed E-state index contributed by atoms with van der Waals surface area (Å²) < 4.78 is 7.47.